The van der Waals surface area contributed by atoms with Gasteiger partial charge in [0, 0.05) is 11.5 Å². The Balaban J connectivity index is 2.43. The quantitative estimate of drug-likeness (QED) is 0.939. The molecule has 1 aromatic heterocycles. The van der Waals surface area contributed by atoms with Crippen LogP contribution in [-0.4, -0.2) is 17.8 Å². The van der Waals surface area contributed by atoms with Gasteiger partial charge in [-0.2, -0.15) is 4.37 Å². The average molecular weight is 305 g/mol. The number of hydrogen-bond acceptors (Lipinski definition) is 5. The van der Waals surface area contributed by atoms with Crippen molar-refractivity contribution >= 4 is 26.7 Å². The van der Waals surface area contributed by atoms with Gasteiger partial charge in [-0.1, -0.05) is 6.92 Å². The number of nitrogens with zero attached hydrogens (tertiary/aromatic N) is 2. The number of benzene rings is 1. The molecular formula is C10H9F2N3O2S2. The maximum Gasteiger partial charge on any atom is 0.266 e. The van der Waals surface area contributed by atoms with E-state index in [9.17, 15) is 17.2 Å². The van der Waals surface area contributed by atoms with Crippen LogP contribution in [0.1, 0.15) is 12.5 Å². The highest BCUT2D eigenvalue weighted by molar-refractivity contribution is 7.93. The van der Waals surface area contributed by atoms with Crippen molar-refractivity contribution in [1.29, 1.82) is 0 Å². The SMILES string of the molecule is CCc1cc(F)c(S(=O)(=O)Nc2ncns2)cc1F. The molecular weight excluding hydrogens is 296 g/mol. The lowest BCUT2D eigenvalue weighted by Crippen LogP contribution is -2.15. The van der Waals surface area contributed by atoms with Gasteiger partial charge in [-0.3, -0.25) is 4.72 Å². The molecule has 0 fully saturated rings. The van der Waals surface area contributed by atoms with E-state index in [0.717, 1.165) is 23.9 Å². The first-order chi connectivity index (χ1) is 8.94. The summed E-state index contributed by atoms with van der Waals surface area (Å²) in [4.78, 5) is 2.86. The van der Waals surface area contributed by atoms with Gasteiger partial charge in [0.25, 0.3) is 10.0 Å². The Kier molecular flexibility index (Phi) is 3.76. The molecule has 0 saturated carbocycles. The molecule has 0 aliphatic carbocycles. The molecule has 1 heterocycles. The van der Waals surface area contributed by atoms with Gasteiger partial charge in [-0.05, 0) is 24.1 Å². The third-order valence-corrected chi connectivity index (χ3v) is 4.42. The van der Waals surface area contributed by atoms with Crippen molar-refractivity contribution in [1.82, 2.24) is 9.36 Å². The molecule has 0 unspecified atom stereocenters. The van der Waals surface area contributed by atoms with E-state index in [1.807, 2.05) is 4.72 Å². The van der Waals surface area contributed by atoms with Gasteiger partial charge >= 0.3 is 0 Å². The summed E-state index contributed by atoms with van der Waals surface area (Å²) in [5.74, 6) is -1.77. The van der Waals surface area contributed by atoms with E-state index >= 15 is 0 Å². The summed E-state index contributed by atoms with van der Waals surface area (Å²) in [6.45, 7) is 1.64. The second-order valence-corrected chi connectivity index (χ2v) is 6.01. The third kappa shape index (κ3) is 2.87. The molecule has 0 spiro atoms. The molecule has 0 radical (unpaired) electrons. The molecule has 1 aromatic carbocycles. The number of nitrogens with one attached hydrogen (secondary N) is 1. The van der Waals surface area contributed by atoms with Crippen molar-refractivity contribution in [2.45, 2.75) is 18.2 Å². The first kappa shape index (κ1) is 13.8. The van der Waals surface area contributed by atoms with Crippen LogP contribution in [0.25, 0.3) is 0 Å². The summed E-state index contributed by atoms with van der Waals surface area (Å²) in [6.07, 6.45) is 1.42. The van der Waals surface area contributed by atoms with E-state index in [1.54, 1.807) is 6.92 Å². The lowest BCUT2D eigenvalue weighted by Gasteiger charge is -2.08. The van der Waals surface area contributed by atoms with E-state index in [4.69, 9.17) is 0 Å². The van der Waals surface area contributed by atoms with Crippen LogP contribution < -0.4 is 4.72 Å². The summed E-state index contributed by atoms with van der Waals surface area (Å²) in [5.41, 5.74) is 0.118. The minimum Gasteiger partial charge on any atom is -0.253 e. The van der Waals surface area contributed by atoms with Crippen LogP contribution in [0.15, 0.2) is 23.4 Å². The highest BCUT2D eigenvalue weighted by Gasteiger charge is 2.22. The van der Waals surface area contributed by atoms with Gasteiger partial charge in [0.1, 0.15) is 22.9 Å². The van der Waals surface area contributed by atoms with Crippen molar-refractivity contribution in [3.8, 4) is 0 Å². The van der Waals surface area contributed by atoms with Crippen LogP contribution in [0.3, 0.4) is 0 Å². The van der Waals surface area contributed by atoms with Crippen LogP contribution in [0.4, 0.5) is 13.9 Å². The van der Waals surface area contributed by atoms with Crippen LogP contribution >= 0.6 is 11.5 Å². The average Bonchev–Trinajstić information content (AvgIpc) is 2.83. The van der Waals surface area contributed by atoms with Crippen molar-refractivity contribution in [3.63, 3.8) is 0 Å². The molecule has 9 heteroatoms. The zero-order valence-corrected chi connectivity index (χ0v) is 11.4. The van der Waals surface area contributed by atoms with E-state index in [-0.39, 0.29) is 17.1 Å². The molecule has 2 aromatic rings. The molecule has 0 aliphatic heterocycles. The lowest BCUT2D eigenvalue weighted by molar-refractivity contribution is 0.549. The molecule has 2 rings (SSSR count). The minimum atomic E-state index is -4.22. The molecule has 102 valence electrons. The number of hydrogen-bond donors (Lipinski definition) is 1. The van der Waals surface area contributed by atoms with Gasteiger partial charge in [0.2, 0.25) is 5.13 Å². The molecule has 19 heavy (non-hydrogen) atoms. The number of sulfonamides is 1. The molecule has 1 N–H and O–H groups in total. The second-order valence-electron chi connectivity index (χ2n) is 3.58. The highest BCUT2D eigenvalue weighted by atomic mass is 32.2. The Bertz CT molecular complexity index is 687. The third-order valence-electron chi connectivity index (χ3n) is 2.35. The molecule has 5 nitrogen and oxygen atoms in total. The summed E-state index contributed by atoms with van der Waals surface area (Å²) >= 11 is 0.795. The van der Waals surface area contributed by atoms with Gasteiger partial charge in [0.05, 0.1) is 0 Å². The Labute approximate surface area is 112 Å². The van der Waals surface area contributed by atoms with Gasteiger partial charge < -0.3 is 0 Å². The first-order valence-electron chi connectivity index (χ1n) is 5.21. The molecule has 0 atom stereocenters. The van der Waals surface area contributed by atoms with E-state index in [2.05, 4.69) is 9.36 Å². The number of halogens is 2. The molecule has 0 aliphatic rings. The summed E-state index contributed by atoms with van der Waals surface area (Å²) in [6, 6.07) is 1.54. The standard InChI is InChI=1S/C10H9F2N3O2S2/c1-2-6-3-8(12)9(4-7(6)11)19(16,17)15-10-13-5-14-18-10/h3-5H,2H2,1H3,(H,13,14,15). The maximum atomic E-state index is 13.7. The summed E-state index contributed by atoms with van der Waals surface area (Å²) in [7, 11) is -4.22. The van der Waals surface area contributed by atoms with Crippen LogP contribution in [0.2, 0.25) is 0 Å². The van der Waals surface area contributed by atoms with Crippen molar-refractivity contribution in [3.05, 3.63) is 35.7 Å². The van der Waals surface area contributed by atoms with Gasteiger partial charge in [-0.25, -0.2) is 22.2 Å². The first-order valence-corrected chi connectivity index (χ1v) is 7.47. The number of aryl methyl sites for hydroxylation is 1. The predicted octanol–water partition coefficient (Wildman–Crippen LogP) is 2.18. The van der Waals surface area contributed by atoms with Crippen LogP contribution in [-0.2, 0) is 16.4 Å². The van der Waals surface area contributed by atoms with E-state index < -0.39 is 26.6 Å². The fourth-order valence-electron chi connectivity index (χ4n) is 1.43. The minimum absolute atomic E-state index is 0.0145. The molecule has 0 bridgehead atoms. The Hall–Kier alpha value is -1.61. The number of aromatic nitrogens is 2. The number of anilines is 1. The molecule has 0 amide bonds. The zero-order valence-electron chi connectivity index (χ0n) is 9.72. The monoisotopic (exact) mass is 305 g/mol. The Morgan fingerprint density at radius 1 is 1.32 bits per heavy atom. The summed E-state index contributed by atoms with van der Waals surface area (Å²) < 4.78 is 56.7. The summed E-state index contributed by atoms with van der Waals surface area (Å²) in [5, 5.41) is -0.0145. The second kappa shape index (κ2) is 5.17. The lowest BCUT2D eigenvalue weighted by atomic mass is 10.1. The highest BCUT2D eigenvalue weighted by Crippen LogP contribution is 2.22. The fraction of sp³-hybridized carbons (Fsp3) is 0.200. The predicted molar refractivity (Wildman–Crippen MR) is 66.5 cm³/mol. The smallest absolute Gasteiger partial charge is 0.253 e. The van der Waals surface area contributed by atoms with E-state index in [0.29, 0.717) is 6.07 Å². The van der Waals surface area contributed by atoms with Crippen molar-refractivity contribution in [2.75, 3.05) is 4.72 Å². The number of rotatable bonds is 4. The Morgan fingerprint density at radius 2 is 2.05 bits per heavy atom. The zero-order chi connectivity index (χ0) is 14.0. The van der Waals surface area contributed by atoms with Crippen LogP contribution in [0, 0.1) is 11.6 Å². The van der Waals surface area contributed by atoms with E-state index in [1.165, 1.54) is 0 Å². The fourth-order valence-corrected chi connectivity index (χ4v) is 3.17. The topological polar surface area (TPSA) is 72.0 Å². The van der Waals surface area contributed by atoms with Gasteiger partial charge in [-0.15, -0.1) is 0 Å². The molecule has 0 saturated heterocycles. The Morgan fingerprint density at radius 3 is 2.63 bits per heavy atom. The van der Waals surface area contributed by atoms with Crippen molar-refractivity contribution in [2.24, 2.45) is 0 Å². The largest absolute Gasteiger partial charge is 0.266 e. The normalized spacial score (nSPS) is 11.5. The maximum absolute atomic E-state index is 13.7. The van der Waals surface area contributed by atoms with Crippen LogP contribution in [0.5, 0.6) is 0 Å². The van der Waals surface area contributed by atoms with Gasteiger partial charge in [0.15, 0.2) is 0 Å². The van der Waals surface area contributed by atoms with Crippen molar-refractivity contribution < 1.29 is 17.2 Å².